The van der Waals surface area contributed by atoms with Crippen molar-refractivity contribution in [3.63, 3.8) is 0 Å². The SMILES string of the molecule is Fc1cc(N2CCNCC2)c2c(c1)N(Cc1ccccc1F)CCO2. The van der Waals surface area contributed by atoms with E-state index in [0.717, 1.165) is 31.9 Å². The van der Waals surface area contributed by atoms with Gasteiger partial charge >= 0.3 is 0 Å². The van der Waals surface area contributed by atoms with Gasteiger partial charge in [-0.05, 0) is 6.07 Å². The summed E-state index contributed by atoms with van der Waals surface area (Å²) >= 11 is 0. The zero-order chi connectivity index (χ0) is 17.2. The van der Waals surface area contributed by atoms with Gasteiger partial charge in [-0.3, -0.25) is 0 Å². The summed E-state index contributed by atoms with van der Waals surface area (Å²) in [4.78, 5) is 4.14. The van der Waals surface area contributed by atoms with Gasteiger partial charge in [0.15, 0.2) is 5.75 Å². The smallest absolute Gasteiger partial charge is 0.166 e. The topological polar surface area (TPSA) is 27.7 Å². The van der Waals surface area contributed by atoms with E-state index < -0.39 is 0 Å². The van der Waals surface area contributed by atoms with E-state index in [-0.39, 0.29) is 11.6 Å². The molecule has 2 heterocycles. The Labute approximate surface area is 146 Å². The summed E-state index contributed by atoms with van der Waals surface area (Å²) in [6, 6.07) is 9.74. The minimum atomic E-state index is -0.295. The Morgan fingerprint density at radius 3 is 2.56 bits per heavy atom. The normalized spacial score (nSPS) is 17.2. The molecule has 132 valence electrons. The lowest BCUT2D eigenvalue weighted by Crippen LogP contribution is -2.44. The van der Waals surface area contributed by atoms with Crippen LogP contribution in [0.1, 0.15) is 5.56 Å². The van der Waals surface area contributed by atoms with Crippen molar-refractivity contribution >= 4 is 11.4 Å². The molecule has 0 unspecified atom stereocenters. The molecule has 25 heavy (non-hydrogen) atoms. The van der Waals surface area contributed by atoms with Gasteiger partial charge in [0.25, 0.3) is 0 Å². The third kappa shape index (κ3) is 3.26. The quantitative estimate of drug-likeness (QED) is 0.926. The number of rotatable bonds is 3. The predicted octanol–water partition coefficient (Wildman–Crippen LogP) is 2.77. The number of piperazine rings is 1. The maximum atomic E-state index is 14.3. The van der Waals surface area contributed by atoms with Gasteiger partial charge in [-0.15, -0.1) is 0 Å². The second-order valence-corrected chi connectivity index (χ2v) is 6.37. The van der Waals surface area contributed by atoms with Gasteiger partial charge in [0, 0.05) is 50.4 Å². The molecule has 0 amide bonds. The fraction of sp³-hybridized carbons (Fsp3) is 0.368. The molecule has 0 spiro atoms. The lowest BCUT2D eigenvalue weighted by molar-refractivity contribution is 0.305. The summed E-state index contributed by atoms with van der Waals surface area (Å²) in [6.07, 6.45) is 0. The van der Waals surface area contributed by atoms with Gasteiger partial charge in [-0.1, -0.05) is 18.2 Å². The van der Waals surface area contributed by atoms with Crippen LogP contribution in [-0.4, -0.2) is 39.3 Å². The number of hydrogen-bond donors (Lipinski definition) is 1. The first kappa shape index (κ1) is 16.1. The first-order valence-corrected chi connectivity index (χ1v) is 8.63. The fourth-order valence-electron chi connectivity index (χ4n) is 3.46. The van der Waals surface area contributed by atoms with Crippen LogP contribution >= 0.6 is 0 Å². The third-order valence-corrected chi connectivity index (χ3v) is 4.74. The summed E-state index contributed by atoms with van der Waals surface area (Å²) < 4.78 is 34.2. The Balaban J connectivity index is 1.69. The second kappa shape index (κ2) is 6.88. The Morgan fingerprint density at radius 1 is 1.00 bits per heavy atom. The molecule has 0 atom stereocenters. The molecule has 0 aromatic heterocycles. The summed E-state index contributed by atoms with van der Waals surface area (Å²) in [5.41, 5.74) is 2.08. The zero-order valence-electron chi connectivity index (χ0n) is 14.0. The van der Waals surface area contributed by atoms with Crippen molar-refractivity contribution in [1.82, 2.24) is 5.32 Å². The standard InChI is InChI=1S/C19H21F2N3O/c20-15-11-17(23-7-5-22-6-8-23)19-18(12-15)24(9-10-25-19)13-14-3-1-2-4-16(14)21/h1-4,11-12,22H,5-10,13H2. The molecule has 6 heteroatoms. The molecular formula is C19H21F2N3O. The van der Waals surface area contributed by atoms with E-state index in [1.807, 2.05) is 11.0 Å². The van der Waals surface area contributed by atoms with E-state index >= 15 is 0 Å². The molecule has 1 saturated heterocycles. The van der Waals surface area contributed by atoms with E-state index in [0.29, 0.717) is 36.7 Å². The van der Waals surface area contributed by atoms with Crippen molar-refractivity contribution in [2.45, 2.75) is 6.54 Å². The van der Waals surface area contributed by atoms with Crippen LogP contribution in [0.25, 0.3) is 0 Å². The fourth-order valence-corrected chi connectivity index (χ4v) is 3.46. The Morgan fingerprint density at radius 2 is 1.76 bits per heavy atom. The molecule has 2 aromatic rings. The first-order chi connectivity index (χ1) is 12.2. The first-order valence-electron chi connectivity index (χ1n) is 8.63. The van der Waals surface area contributed by atoms with Crippen LogP contribution in [0.2, 0.25) is 0 Å². The highest BCUT2D eigenvalue weighted by Crippen LogP contribution is 2.42. The van der Waals surface area contributed by atoms with Crippen molar-refractivity contribution in [3.8, 4) is 5.75 Å². The van der Waals surface area contributed by atoms with Crippen molar-refractivity contribution in [3.05, 3.63) is 53.6 Å². The van der Waals surface area contributed by atoms with Crippen LogP contribution in [-0.2, 0) is 6.54 Å². The van der Waals surface area contributed by atoms with Crippen LogP contribution in [0, 0.1) is 11.6 Å². The van der Waals surface area contributed by atoms with Crippen molar-refractivity contribution in [2.24, 2.45) is 0 Å². The molecule has 0 bridgehead atoms. The highest BCUT2D eigenvalue weighted by Gasteiger charge is 2.26. The number of ether oxygens (including phenoxy) is 1. The number of nitrogens with zero attached hydrogens (tertiary/aromatic N) is 2. The van der Waals surface area contributed by atoms with Crippen LogP contribution in [0.15, 0.2) is 36.4 Å². The molecule has 2 aromatic carbocycles. The number of nitrogens with one attached hydrogen (secondary N) is 1. The van der Waals surface area contributed by atoms with Gasteiger partial charge in [0.2, 0.25) is 0 Å². The molecule has 4 nitrogen and oxygen atoms in total. The van der Waals surface area contributed by atoms with Gasteiger partial charge in [0.05, 0.1) is 17.9 Å². The maximum absolute atomic E-state index is 14.3. The lowest BCUT2D eigenvalue weighted by atomic mass is 10.1. The minimum absolute atomic E-state index is 0.241. The molecule has 0 radical (unpaired) electrons. The molecule has 0 saturated carbocycles. The van der Waals surface area contributed by atoms with Crippen molar-refractivity contribution in [1.29, 1.82) is 0 Å². The summed E-state index contributed by atoms with van der Waals surface area (Å²) in [7, 11) is 0. The maximum Gasteiger partial charge on any atom is 0.166 e. The minimum Gasteiger partial charge on any atom is -0.487 e. The summed E-state index contributed by atoms with van der Waals surface area (Å²) in [5, 5.41) is 3.30. The molecule has 2 aliphatic rings. The van der Waals surface area contributed by atoms with Crippen molar-refractivity contribution < 1.29 is 13.5 Å². The van der Waals surface area contributed by atoms with Crippen LogP contribution in [0.3, 0.4) is 0 Å². The monoisotopic (exact) mass is 345 g/mol. The zero-order valence-corrected chi connectivity index (χ0v) is 14.0. The number of halogens is 2. The predicted molar refractivity (Wildman–Crippen MR) is 94.4 cm³/mol. The van der Waals surface area contributed by atoms with Crippen LogP contribution < -0.4 is 19.9 Å². The van der Waals surface area contributed by atoms with E-state index in [9.17, 15) is 8.78 Å². The molecule has 1 N–H and O–H groups in total. The lowest BCUT2D eigenvalue weighted by Gasteiger charge is -2.36. The van der Waals surface area contributed by atoms with Crippen molar-refractivity contribution in [2.75, 3.05) is 49.1 Å². The van der Waals surface area contributed by atoms with Crippen LogP contribution in [0.4, 0.5) is 20.2 Å². The summed E-state index contributed by atoms with van der Waals surface area (Å²) in [5.74, 6) is 0.163. The van der Waals surface area contributed by atoms with Gasteiger partial charge in [-0.2, -0.15) is 0 Å². The van der Waals surface area contributed by atoms with Gasteiger partial charge in [-0.25, -0.2) is 8.78 Å². The van der Waals surface area contributed by atoms with E-state index in [4.69, 9.17) is 4.74 Å². The van der Waals surface area contributed by atoms with Gasteiger partial charge in [0.1, 0.15) is 18.2 Å². The third-order valence-electron chi connectivity index (χ3n) is 4.74. The average molecular weight is 345 g/mol. The van der Waals surface area contributed by atoms with Crippen LogP contribution in [0.5, 0.6) is 5.75 Å². The van der Waals surface area contributed by atoms with E-state index in [2.05, 4.69) is 10.2 Å². The van der Waals surface area contributed by atoms with Gasteiger partial charge < -0.3 is 19.9 Å². The Bertz CT molecular complexity index is 762. The average Bonchev–Trinajstić information content (AvgIpc) is 2.64. The largest absolute Gasteiger partial charge is 0.487 e. The second-order valence-electron chi connectivity index (χ2n) is 6.37. The number of benzene rings is 2. The molecule has 0 aliphatic carbocycles. The number of anilines is 2. The highest BCUT2D eigenvalue weighted by atomic mass is 19.1. The highest BCUT2D eigenvalue weighted by molar-refractivity contribution is 5.74. The Kier molecular flexibility index (Phi) is 4.44. The van der Waals surface area contributed by atoms with E-state index in [1.54, 1.807) is 12.1 Å². The number of fused-ring (bicyclic) bond motifs is 1. The molecular weight excluding hydrogens is 324 g/mol. The molecule has 1 fully saturated rings. The summed E-state index contributed by atoms with van der Waals surface area (Å²) in [6.45, 7) is 4.86. The number of hydrogen-bond acceptors (Lipinski definition) is 4. The molecule has 2 aliphatic heterocycles. The molecule has 4 rings (SSSR count). The van der Waals surface area contributed by atoms with E-state index in [1.165, 1.54) is 18.2 Å². The Hall–Kier alpha value is -2.34.